The van der Waals surface area contributed by atoms with Crippen molar-refractivity contribution in [2.75, 3.05) is 11.5 Å². The fraction of sp³-hybridized carbons (Fsp3) is 0.190. The first-order valence-corrected chi connectivity index (χ1v) is 10.1. The molecule has 2 N–H and O–H groups in total. The third kappa shape index (κ3) is 4.35. The van der Waals surface area contributed by atoms with Gasteiger partial charge in [-0.2, -0.15) is 0 Å². The van der Waals surface area contributed by atoms with Crippen LogP contribution >= 0.6 is 11.8 Å². The second kappa shape index (κ2) is 9.08. The van der Waals surface area contributed by atoms with Gasteiger partial charge in [-0.1, -0.05) is 30.3 Å². The van der Waals surface area contributed by atoms with Crippen LogP contribution in [0.4, 0.5) is 14.6 Å². The van der Waals surface area contributed by atoms with Crippen molar-refractivity contribution < 1.29 is 13.6 Å². The lowest BCUT2D eigenvalue weighted by Crippen LogP contribution is -2.44. The summed E-state index contributed by atoms with van der Waals surface area (Å²) in [5.41, 5.74) is 5.20. The van der Waals surface area contributed by atoms with Crippen LogP contribution in [0.2, 0.25) is 0 Å². The Morgan fingerprint density at radius 1 is 1.03 bits per heavy atom. The molecule has 0 bridgehead atoms. The van der Waals surface area contributed by atoms with E-state index in [9.17, 15) is 23.2 Å². The summed E-state index contributed by atoms with van der Waals surface area (Å²) in [4.78, 5) is 38.6. The third-order valence-corrected chi connectivity index (χ3v) is 5.50. The van der Waals surface area contributed by atoms with E-state index in [2.05, 4.69) is 0 Å². The first-order chi connectivity index (χ1) is 14.3. The quantitative estimate of drug-likeness (QED) is 0.459. The number of rotatable bonds is 7. The molecular formula is C21H19F2N3O3S. The van der Waals surface area contributed by atoms with Crippen LogP contribution in [0.25, 0.3) is 0 Å². The van der Waals surface area contributed by atoms with Gasteiger partial charge in [0, 0.05) is 11.4 Å². The van der Waals surface area contributed by atoms with Gasteiger partial charge < -0.3 is 5.73 Å². The summed E-state index contributed by atoms with van der Waals surface area (Å²) in [7, 11) is 0. The molecule has 0 aliphatic heterocycles. The van der Waals surface area contributed by atoms with Gasteiger partial charge in [-0.05, 0) is 30.7 Å². The van der Waals surface area contributed by atoms with E-state index in [0.717, 1.165) is 34.0 Å². The van der Waals surface area contributed by atoms with E-state index in [-0.39, 0.29) is 30.2 Å². The number of nitrogens with zero attached hydrogens (tertiary/aromatic N) is 2. The Morgan fingerprint density at radius 2 is 1.73 bits per heavy atom. The minimum Gasteiger partial charge on any atom is -0.384 e. The van der Waals surface area contributed by atoms with Gasteiger partial charge in [0.25, 0.3) is 5.56 Å². The Morgan fingerprint density at radius 3 is 2.37 bits per heavy atom. The van der Waals surface area contributed by atoms with Crippen molar-refractivity contribution in [1.82, 2.24) is 9.13 Å². The van der Waals surface area contributed by atoms with E-state index in [1.165, 1.54) is 10.6 Å². The van der Waals surface area contributed by atoms with Gasteiger partial charge in [-0.25, -0.2) is 13.6 Å². The van der Waals surface area contributed by atoms with E-state index >= 15 is 0 Å². The average molecular weight is 431 g/mol. The lowest BCUT2D eigenvalue weighted by atomic mass is 10.2. The molecule has 0 spiro atoms. The molecule has 0 atom stereocenters. The van der Waals surface area contributed by atoms with Gasteiger partial charge in [0.1, 0.15) is 11.4 Å². The third-order valence-electron chi connectivity index (χ3n) is 4.51. The van der Waals surface area contributed by atoms with Crippen LogP contribution in [0.5, 0.6) is 0 Å². The van der Waals surface area contributed by atoms with Crippen molar-refractivity contribution in [3.05, 3.63) is 92.1 Å². The maximum Gasteiger partial charge on any atom is 0.332 e. The monoisotopic (exact) mass is 431 g/mol. The number of ketones is 1. The zero-order valence-electron chi connectivity index (χ0n) is 16.1. The molecule has 0 amide bonds. The van der Waals surface area contributed by atoms with Gasteiger partial charge in [0.2, 0.25) is 0 Å². The lowest BCUT2D eigenvalue weighted by molar-refractivity contribution is 0.102. The van der Waals surface area contributed by atoms with Gasteiger partial charge in [0.05, 0.1) is 12.3 Å². The number of hydrogen-bond donors (Lipinski definition) is 1. The molecule has 9 heteroatoms. The molecule has 0 unspecified atom stereocenters. The first kappa shape index (κ1) is 21.5. The van der Waals surface area contributed by atoms with Crippen molar-refractivity contribution in [2.45, 2.75) is 24.9 Å². The number of hydrogen-bond acceptors (Lipinski definition) is 5. The Bertz CT molecular complexity index is 1210. The Kier molecular flexibility index (Phi) is 6.51. The van der Waals surface area contributed by atoms with Crippen LogP contribution in [-0.4, -0.2) is 20.7 Å². The number of nitrogens with two attached hydrogens (primary N) is 1. The van der Waals surface area contributed by atoms with Gasteiger partial charge in [0.15, 0.2) is 17.4 Å². The average Bonchev–Trinajstić information content (AvgIpc) is 2.73. The molecule has 3 rings (SSSR count). The number of carbonyl (C=O) groups excluding carboxylic acids is 1. The van der Waals surface area contributed by atoms with Crippen molar-refractivity contribution >= 4 is 23.4 Å². The molecule has 0 saturated heterocycles. The standard InChI is InChI=1S/C21H19F2N3O3S/c1-2-25-20(28)18(17(27)12-30-14-8-9-15(22)16(23)10-14)19(24)26(21(25)29)11-13-6-4-3-5-7-13/h3-10H,2,11-12,24H2,1H3. The van der Waals surface area contributed by atoms with Crippen molar-refractivity contribution in [3.8, 4) is 0 Å². The number of aromatic nitrogens is 2. The molecule has 30 heavy (non-hydrogen) atoms. The second-order valence-electron chi connectivity index (χ2n) is 6.45. The van der Waals surface area contributed by atoms with Crippen LogP contribution in [0, 0.1) is 11.6 Å². The normalized spacial score (nSPS) is 10.9. The zero-order valence-corrected chi connectivity index (χ0v) is 16.9. The van der Waals surface area contributed by atoms with Gasteiger partial charge in [-0.15, -0.1) is 11.8 Å². The largest absolute Gasteiger partial charge is 0.384 e. The summed E-state index contributed by atoms with van der Waals surface area (Å²) in [6.45, 7) is 1.79. The minimum atomic E-state index is -1.03. The highest BCUT2D eigenvalue weighted by atomic mass is 32.2. The second-order valence-corrected chi connectivity index (χ2v) is 7.50. The molecule has 0 radical (unpaired) electrons. The summed E-state index contributed by atoms with van der Waals surface area (Å²) in [5.74, 6) is -3.06. The molecule has 0 aliphatic rings. The van der Waals surface area contributed by atoms with Crippen LogP contribution in [0.15, 0.2) is 63.0 Å². The zero-order chi connectivity index (χ0) is 21.8. The van der Waals surface area contributed by atoms with Crippen LogP contribution in [-0.2, 0) is 13.1 Å². The molecule has 3 aromatic rings. The number of anilines is 1. The van der Waals surface area contributed by atoms with E-state index in [4.69, 9.17) is 5.73 Å². The van der Waals surface area contributed by atoms with E-state index < -0.39 is 28.7 Å². The molecule has 0 saturated carbocycles. The highest BCUT2D eigenvalue weighted by molar-refractivity contribution is 8.00. The van der Waals surface area contributed by atoms with E-state index in [1.807, 2.05) is 6.07 Å². The molecule has 6 nitrogen and oxygen atoms in total. The Balaban J connectivity index is 1.97. The fourth-order valence-corrected chi connectivity index (χ4v) is 3.76. The fourth-order valence-electron chi connectivity index (χ4n) is 2.96. The number of nitrogen functional groups attached to an aromatic ring is 1. The Labute approximate surface area is 175 Å². The van der Waals surface area contributed by atoms with Crippen molar-refractivity contribution in [3.63, 3.8) is 0 Å². The Hall–Kier alpha value is -3.20. The minimum absolute atomic E-state index is 0.0728. The van der Waals surface area contributed by atoms with Gasteiger partial charge >= 0.3 is 5.69 Å². The molecule has 2 aromatic carbocycles. The molecule has 1 aromatic heterocycles. The maximum absolute atomic E-state index is 13.4. The van der Waals surface area contributed by atoms with Crippen molar-refractivity contribution in [2.24, 2.45) is 0 Å². The maximum atomic E-state index is 13.4. The molecule has 0 aliphatic carbocycles. The number of Topliss-reactive ketones (excluding diaryl/α,β-unsaturated/α-hetero) is 1. The topological polar surface area (TPSA) is 87.1 Å². The number of thioether (sulfide) groups is 1. The predicted octanol–water partition coefficient (Wildman–Crippen LogP) is 2.91. The molecule has 0 fully saturated rings. The number of benzene rings is 2. The summed E-state index contributed by atoms with van der Waals surface area (Å²) >= 11 is 0.944. The number of halogens is 2. The van der Waals surface area contributed by atoms with E-state index in [1.54, 1.807) is 31.2 Å². The lowest BCUT2D eigenvalue weighted by Gasteiger charge is -2.15. The summed E-state index contributed by atoms with van der Waals surface area (Å²) < 4.78 is 28.6. The van der Waals surface area contributed by atoms with Crippen LogP contribution in [0.3, 0.4) is 0 Å². The highest BCUT2D eigenvalue weighted by Gasteiger charge is 2.22. The predicted molar refractivity (Wildman–Crippen MR) is 112 cm³/mol. The smallest absolute Gasteiger partial charge is 0.332 e. The summed E-state index contributed by atoms with van der Waals surface area (Å²) in [5, 5.41) is 0. The van der Waals surface area contributed by atoms with Crippen LogP contribution < -0.4 is 17.0 Å². The summed E-state index contributed by atoms with van der Waals surface area (Å²) in [6, 6.07) is 12.3. The SMILES string of the molecule is CCn1c(=O)c(C(=O)CSc2ccc(F)c(F)c2)c(N)n(Cc2ccccc2)c1=O. The molecule has 1 heterocycles. The van der Waals surface area contributed by atoms with Gasteiger partial charge in [-0.3, -0.25) is 18.7 Å². The van der Waals surface area contributed by atoms with Crippen LogP contribution in [0.1, 0.15) is 22.8 Å². The number of carbonyl (C=O) groups is 1. The van der Waals surface area contributed by atoms with Crippen molar-refractivity contribution in [1.29, 1.82) is 0 Å². The highest BCUT2D eigenvalue weighted by Crippen LogP contribution is 2.22. The molecule has 156 valence electrons. The summed E-state index contributed by atoms with van der Waals surface area (Å²) in [6.07, 6.45) is 0. The van der Waals surface area contributed by atoms with E-state index in [0.29, 0.717) is 4.90 Å². The molecular weight excluding hydrogens is 412 g/mol. The first-order valence-electron chi connectivity index (χ1n) is 9.11.